The number of amides is 3. The molecule has 0 aromatic heterocycles. The van der Waals surface area contributed by atoms with Crippen molar-refractivity contribution in [3.63, 3.8) is 0 Å². The van der Waals surface area contributed by atoms with Gasteiger partial charge in [-0.2, -0.15) is 0 Å². The van der Waals surface area contributed by atoms with E-state index in [0.29, 0.717) is 30.1 Å². The molecule has 0 radical (unpaired) electrons. The average molecular weight is 383 g/mol. The Morgan fingerprint density at radius 3 is 2.21 bits per heavy atom. The van der Waals surface area contributed by atoms with Crippen LogP contribution in [0.2, 0.25) is 0 Å². The van der Waals surface area contributed by atoms with Gasteiger partial charge in [0, 0.05) is 31.3 Å². The van der Waals surface area contributed by atoms with Crippen LogP contribution in [0.1, 0.15) is 28.4 Å². The third-order valence-electron chi connectivity index (χ3n) is 4.06. The molecular formula is C21H25N3O4. The van der Waals surface area contributed by atoms with Crippen molar-refractivity contribution in [3.8, 4) is 5.75 Å². The minimum atomic E-state index is -0.286. The molecule has 0 atom stereocenters. The summed E-state index contributed by atoms with van der Waals surface area (Å²) in [4.78, 5) is 34.8. The summed E-state index contributed by atoms with van der Waals surface area (Å²) in [5.74, 6) is -0.0348. The van der Waals surface area contributed by atoms with Gasteiger partial charge in [0.1, 0.15) is 5.75 Å². The van der Waals surface area contributed by atoms with Crippen molar-refractivity contribution < 1.29 is 19.1 Å². The number of rotatable bonds is 8. The zero-order valence-electron chi connectivity index (χ0n) is 16.3. The quantitative estimate of drug-likeness (QED) is 0.609. The van der Waals surface area contributed by atoms with Crippen molar-refractivity contribution in [3.05, 3.63) is 59.2 Å². The molecule has 0 aliphatic heterocycles. The topological polar surface area (TPSA) is 96.5 Å². The van der Waals surface area contributed by atoms with Gasteiger partial charge in [0.25, 0.3) is 11.8 Å². The maximum atomic E-state index is 12.0. The SMILES string of the molecule is CC(=O)NCCNC(=O)c1ccc(NC(=O)COc2ccc(C)c(C)c2)cc1. The molecule has 3 N–H and O–H groups in total. The predicted octanol–water partition coefficient (Wildman–Crippen LogP) is 2.19. The van der Waals surface area contributed by atoms with Crippen molar-refractivity contribution in [2.24, 2.45) is 0 Å². The summed E-state index contributed by atoms with van der Waals surface area (Å²) >= 11 is 0. The fourth-order valence-electron chi connectivity index (χ4n) is 2.37. The van der Waals surface area contributed by atoms with Crippen molar-refractivity contribution in [2.75, 3.05) is 25.0 Å². The van der Waals surface area contributed by atoms with Crippen LogP contribution in [0.3, 0.4) is 0 Å². The highest BCUT2D eigenvalue weighted by atomic mass is 16.5. The molecule has 2 rings (SSSR count). The highest BCUT2D eigenvalue weighted by Gasteiger charge is 2.07. The predicted molar refractivity (Wildman–Crippen MR) is 107 cm³/mol. The monoisotopic (exact) mass is 383 g/mol. The maximum absolute atomic E-state index is 12.0. The fraction of sp³-hybridized carbons (Fsp3) is 0.286. The first-order valence-electron chi connectivity index (χ1n) is 8.98. The molecule has 28 heavy (non-hydrogen) atoms. The molecule has 7 heteroatoms. The molecule has 0 unspecified atom stereocenters. The molecule has 0 fully saturated rings. The van der Waals surface area contributed by atoms with E-state index < -0.39 is 0 Å². The van der Waals surface area contributed by atoms with Crippen LogP contribution in [-0.4, -0.2) is 37.4 Å². The van der Waals surface area contributed by atoms with E-state index in [9.17, 15) is 14.4 Å². The lowest BCUT2D eigenvalue weighted by Crippen LogP contribution is -2.33. The number of ether oxygens (including phenoxy) is 1. The largest absolute Gasteiger partial charge is 0.484 e. The Bertz CT molecular complexity index is 847. The van der Waals surface area contributed by atoms with Crippen LogP contribution in [0.5, 0.6) is 5.75 Å². The van der Waals surface area contributed by atoms with E-state index in [0.717, 1.165) is 11.1 Å². The molecule has 2 aromatic rings. The molecule has 0 saturated carbocycles. The molecule has 148 valence electrons. The molecule has 3 amide bonds. The van der Waals surface area contributed by atoms with E-state index in [-0.39, 0.29) is 24.3 Å². The summed E-state index contributed by atoms with van der Waals surface area (Å²) < 4.78 is 5.50. The summed E-state index contributed by atoms with van der Waals surface area (Å²) in [6, 6.07) is 12.2. The van der Waals surface area contributed by atoms with Crippen LogP contribution in [0, 0.1) is 13.8 Å². The number of carbonyl (C=O) groups is 3. The molecular weight excluding hydrogens is 358 g/mol. The first-order valence-corrected chi connectivity index (χ1v) is 8.98. The lowest BCUT2D eigenvalue weighted by Gasteiger charge is -2.10. The molecule has 0 spiro atoms. The minimum absolute atomic E-state index is 0.103. The minimum Gasteiger partial charge on any atom is -0.484 e. The number of hydrogen-bond donors (Lipinski definition) is 3. The normalized spacial score (nSPS) is 10.1. The second-order valence-electron chi connectivity index (χ2n) is 6.40. The van der Waals surface area contributed by atoms with Crippen molar-refractivity contribution in [2.45, 2.75) is 20.8 Å². The Kier molecular flexibility index (Phi) is 7.56. The summed E-state index contributed by atoms with van der Waals surface area (Å²) in [5, 5.41) is 8.03. The van der Waals surface area contributed by atoms with Gasteiger partial charge in [-0.1, -0.05) is 6.07 Å². The first kappa shape index (κ1) is 21.0. The Morgan fingerprint density at radius 2 is 1.57 bits per heavy atom. The molecule has 0 aliphatic rings. The van der Waals surface area contributed by atoms with Gasteiger partial charge in [-0.15, -0.1) is 0 Å². The number of benzene rings is 2. The van der Waals surface area contributed by atoms with Gasteiger partial charge in [0.2, 0.25) is 5.91 Å². The maximum Gasteiger partial charge on any atom is 0.262 e. The average Bonchev–Trinajstić information content (AvgIpc) is 2.66. The Labute approximate surface area is 164 Å². The number of hydrogen-bond acceptors (Lipinski definition) is 4. The third kappa shape index (κ3) is 6.75. The van der Waals surface area contributed by atoms with E-state index in [1.54, 1.807) is 24.3 Å². The van der Waals surface area contributed by atoms with Gasteiger partial charge < -0.3 is 20.7 Å². The van der Waals surface area contributed by atoms with E-state index in [1.165, 1.54) is 6.92 Å². The standard InChI is InChI=1S/C21H25N3O4/c1-14-4-9-19(12-15(14)2)28-13-20(26)24-18-7-5-17(6-8-18)21(27)23-11-10-22-16(3)25/h4-9,12H,10-11,13H2,1-3H3,(H,22,25)(H,23,27)(H,24,26). The van der Waals surface area contributed by atoms with E-state index in [1.807, 2.05) is 32.0 Å². The van der Waals surface area contributed by atoms with Gasteiger partial charge in [-0.25, -0.2) is 0 Å². The molecule has 0 heterocycles. The molecule has 2 aromatic carbocycles. The summed E-state index contributed by atoms with van der Waals surface area (Å²) in [5.41, 5.74) is 3.30. The Hall–Kier alpha value is -3.35. The zero-order valence-corrected chi connectivity index (χ0v) is 16.3. The second-order valence-corrected chi connectivity index (χ2v) is 6.40. The number of aryl methyl sites for hydroxylation is 2. The van der Waals surface area contributed by atoms with Gasteiger partial charge >= 0.3 is 0 Å². The highest BCUT2D eigenvalue weighted by Crippen LogP contribution is 2.16. The Balaban J connectivity index is 1.79. The van der Waals surface area contributed by atoms with Crippen molar-refractivity contribution in [1.29, 1.82) is 0 Å². The van der Waals surface area contributed by atoms with E-state index in [2.05, 4.69) is 16.0 Å². The van der Waals surface area contributed by atoms with Gasteiger partial charge in [-0.05, 0) is 61.4 Å². The van der Waals surface area contributed by atoms with Gasteiger partial charge in [0.15, 0.2) is 6.61 Å². The van der Waals surface area contributed by atoms with Crippen LogP contribution in [0.4, 0.5) is 5.69 Å². The van der Waals surface area contributed by atoms with E-state index in [4.69, 9.17) is 4.74 Å². The second kappa shape index (κ2) is 10.1. The zero-order chi connectivity index (χ0) is 20.5. The smallest absolute Gasteiger partial charge is 0.262 e. The molecule has 0 saturated heterocycles. The number of nitrogens with one attached hydrogen (secondary N) is 3. The van der Waals surface area contributed by atoms with Gasteiger partial charge in [-0.3, -0.25) is 14.4 Å². The summed E-state index contributed by atoms with van der Waals surface area (Å²) in [6.45, 7) is 6.02. The van der Waals surface area contributed by atoms with Crippen LogP contribution in [-0.2, 0) is 9.59 Å². The molecule has 0 aliphatic carbocycles. The molecule has 0 bridgehead atoms. The first-order chi connectivity index (χ1) is 13.3. The molecule has 7 nitrogen and oxygen atoms in total. The highest BCUT2D eigenvalue weighted by molar-refractivity contribution is 5.96. The van der Waals surface area contributed by atoms with Crippen LogP contribution in [0.25, 0.3) is 0 Å². The number of anilines is 1. The van der Waals surface area contributed by atoms with Crippen molar-refractivity contribution >= 4 is 23.4 Å². The van der Waals surface area contributed by atoms with Crippen molar-refractivity contribution in [1.82, 2.24) is 10.6 Å². The van der Waals surface area contributed by atoms with Crippen LogP contribution >= 0.6 is 0 Å². The summed E-state index contributed by atoms with van der Waals surface area (Å²) in [6.07, 6.45) is 0. The lowest BCUT2D eigenvalue weighted by atomic mass is 10.1. The van der Waals surface area contributed by atoms with Crippen LogP contribution < -0.4 is 20.7 Å². The summed E-state index contributed by atoms with van der Waals surface area (Å²) in [7, 11) is 0. The van der Waals surface area contributed by atoms with E-state index >= 15 is 0 Å². The Morgan fingerprint density at radius 1 is 0.893 bits per heavy atom. The fourth-order valence-corrected chi connectivity index (χ4v) is 2.37. The van der Waals surface area contributed by atoms with Crippen LogP contribution in [0.15, 0.2) is 42.5 Å². The lowest BCUT2D eigenvalue weighted by molar-refractivity contribution is -0.119. The van der Waals surface area contributed by atoms with Gasteiger partial charge in [0.05, 0.1) is 0 Å². The number of carbonyl (C=O) groups excluding carboxylic acids is 3. The third-order valence-corrected chi connectivity index (χ3v) is 4.06.